The molecule has 7 heteroatoms. The van der Waals surface area contributed by atoms with Crippen LogP contribution in [0.15, 0.2) is 18.2 Å². The smallest absolute Gasteiger partial charge is 0.255 e. The van der Waals surface area contributed by atoms with Crippen molar-refractivity contribution in [2.45, 2.75) is 32.0 Å². The van der Waals surface area contributed by atoms with E-state index in [9.17, 15) is 19.2 Å². The van der Waals surface area contributed by atoms with E-state index in [0.717, 1.165) is 17.5 Å². The first-order valence-corrected chi connectivity index (χ1v) is 7.41. The quantitative estimate of drug-likeness (QED) is 0.627. The molecule has 2 aliphatic rings. The predicted molar refractivity (Wildman–Crippen MR) is 80.0 cm³/mol. The van der Waals surface area contributed by atoms with Gasteiger partial charge >= 0.3 is 0 Å². The molecule has 4 amide bonds. The number of nitrogens with one attached hydrogen (secondary N) is 1. The van der Waals surface area contributed by atoms with Gasteiger partial charge in [0.1, 0.15) is 6.04 Å². The fourth-order valence-corrected chi connectivity index (χ4v) is 3.05. The number of piperidine rings is 1. The predicted octanol–water partition coefficient (Wildman–Crippen LogP) is 0.0358. The highest BCUT2D eigenvalue weighted by Crippen LogP contribution is 2.28. The summed E-state index contributed by atoms with van der Waals surface area (Å²) in [5.74, 6) is -0.900. The van der Waals surface area contributed by atoms with Gasteiger partial charge in [0.25, 0.3) is 5.91 Å². The molecule has 120 valence electrons. The average molecular weight is 315 g/mol. The Morgan fingerprint density at radius 1 is 1.35 bits per heavy atom. The molecule has 7 nitrogen and oxygen atoms in total. The summed E-state index contributed by atoms with van der Waals surface area (Å²) < 4.78 is 0. The van der Waals surface area contributed by atoms with Gasteiger partial charge in [-0.2, -0.15) is 0 Å². The van der Waals surface area contributed by atoms with E-state index >= 15 is 0 Å². The molecule has 0 radical (unpaired) electrons. The minimum absolute atomic E-state index is 0.190. The van der Waals surface area contributed by atoms with Crippen LogP contribution in [-0.4, -0.2) is 47.0 Å². The molecule has 0 saturated carbocycles. The summed E-state index contributed by atoms with van der Waals surface area (Å²) in [7, 11) is 1.68. The zero-order chi connectivity index (χ0) is 16.6. The minimum atomic E-state index is -0.603. The number of hydrogen-bond acceptors (Lipinski definition) is 4. The van der Waals surface area contributed by atoms with E-state index in [1.54, 1.807) is 13.1 Å². The molecule has 1 fully saturated rings. The van der Waals surface area contributed by atoms with E-state index in [4.69, 9.17) is 0 Å². The second kappa shape index (κ2) is 5.83. The van der Waals surface area contributed by atoms with Crippen molar-refractivity contribution in [3.63, 3.8) is 0 Å². The number of nitrogens with zero attached hydrogens (tertiary/aromatic N) is 2. The Morgan fingerprint density at radius 3 is 2.83 bits per heavy atom. The molecule has 1 aromatic rings. The van der Waals surface area contributed by atoms with E-state index in [2.05, 4.69) is 5.32 Å². The average Bonchev–Trinajstić information content (AvgIpc) is 2.83. The van der Waals surface area contributed by atoms with Gasteiger partial charge in [-0.3, -0.25) is 24.5 Å². The van der Waals surface area contributed by atoms with Gasteiger partial charge < -0.3 is 9.80 Å². The Bertz CT molecular complexity index is 701. The highest BCUT2D eigenvalue weighted by atomic mass is 16.2. The summed E-state index contributed by atoms with van der Waals surface area (Å²) in [6, 6.07) is 4.83. The Morgan fingerprint density at radius 2 is 2.13 bits per heavy atom. The number of carbonyl (C=O) groups is 4. The highest BCUT2D eigenvalue weighted by Gasteiger charge is 2.38. The van der Waals surface area contributed by atoms with Crippen molar-refractivity contribution < 1.29 is 19.2 Å². The summed E-state index contributed by atoms with van der Waals surface area (Å²) >= 11 is 0. The van der Waals surface area contributed by atoms with Crippen LogP contribution in [0.2, 0.25) is 0 Å². The molecule has 3 rings (SSSR count). The lowest BCUT2D eigenvalue weighted by Crippen LogP contribution is -2.52. The van der Waals surface area contributed by atoms with E-state index in [1.165, 1.54) is 9.80 Å². The molecule has 1 unspecified atom stereocenters. The normalized spacial score (nSPS) is 20.3. The third kappa shape index (κ3) is 2.81. The van der Waals surface area contributed by atoms with Gasteiger partial charge in [-0.15, -0.1) is 0 Å². The fraction of sp³-hybridized carbons (Fsp3) is 0.375. The number of fused-ring (bicyclic) bond motifs is 1. The molecule has 0 aromatic heterocycles. The number of amides is 4. The second-order valence-corrected chi connectivity index (χ2v) is 5.91. The van der Waals surface area contributed by atoms with Crippen LogP contribution in [0.3, 0.4) is 0 Å². The van der Waals surface area contributed by atoms with Gasteiger partial charge in [0.05, 0.1) is 0 Å². The molecule has 1 aromatic carbocycles. The lowest BCUT2D eigenvalue weighted by molar-refractivity contribution is -0.137. The van der Waals surface area contributed by atoms with Gasteiger partial charge in [0.15, 0.2) is 0 Å². The maximum absolute atomic E-state index is 12.5. The topological polar surface area (TPSA) is 86.8 Å². The van der Waals surface area contributed by atoms with Crippen molar-refractivity contribution in [3.8, 4) is 0 Å². The van der Waals surface area contributed by atoms with Crippen LogP contribution in [0.4, 0.5) is 0 Å². The largest absolute Gasteiger partial charge is 0.344 e. The second-order valence-electron chi connectivity index (χ2n) is 5.91. The first-order valence-electron chi connectivity index (χ1n) is 7.41. The number of hydrogen-bond donors (Lipinski definition) is 1. The molecule has 1 saturated heterocycles. The first-order chi connectivity index (χ1) is 11.0. The van der Waals surface area contributed by atoms with Crippen LogP contribution in [-0.2, 0) is 27.5 Å². The summed E-state index contributed by atoms with van der Waals surface area (Å²) in [5, 5.41) is 2.28. The van der Waals surface area contributed by atoms with Crippen LogP contribution >= 0.6 is 0 Å². The van der Waals surface area contributed by atoms with Crippen LogP contribution in [0, 0.1) is 0 Å². The Hall–Kier alpha value is -2.70. The van der Waals surface area contributed by atoms with Crippen LogP contribution in [0.1, 0.15) is 34.3 Å². The molecule has 0 bridgehead atoms. The molecule has 1 atom stereocenters. The van der Waals surface area contributed by atoms with Crippen molar-refractivity contribution in [1.82, 2.24) is 15.1 Å². The fourth-order valence-electron chi connectivity index (χ4n) is 3.05. The Balaban J connectivity index is 1.80. The van der Waals surface area contributed by atoms with Gasteiger partial charge in [0, 0.05) is 32.1 Å². The van der Waals surface area contributed by atoms with Crippen molar-refractivity contribution in [3.05, 3.63) is 34.9 Å². The summed E-state index contributed by atoms with van der Waals surface area (Å²) in [6.07, 6.45) is 1.34. The molecule has 2 heterocycles. The van der Waals surface area contributed by atoms with Gasteiger partial charge in [0.2, 0.25) is 18.2 Å². The molecule has 0 spiro atoms. The van der Waals surface area contributed by atoms with Crippen LogP contribution in [0.25, 0.3) is 0 Å². The lowest BCUT2D eigenvalue weighted by Gasteiger charge is -2.29. The lowest BCUT2D eigenvalue weighted by atomic mass is 10.0. The zero-order valence-corrected chi connectivity index (χ0v) is 12.7. The van der Waals surface area contributed by atoms with Crippen molar-refractivity contribution in [1.29, 1.82) is 0 Å². The third-order valence-electron chi connectivity index (χ3n) is 4.20. The van der Waals surface area contributed by atoms with Crippen LogP contribution in [0.5, 0.6) is 0 Å². The summed E-state index contributed by atoms with van der Waals surface area (Å²) in [5.41, 5.74) is 2.35. The van der Waals surface area contributed by atoms with E-state index < -0.39 is 11.9 Å². The molecule has 23 heavy (non-hydrogen) atoms. The van der Waals surface area contributed by atoms with E-state index in [-0.39, 0.29) is 18.2 Å². The standard InChI is InChI=1S/C16H17N3O4/c1-18(9-20)7-10-2-3-12-11(6-10)8-19(16(12)23)13-4-5-14(21)17-15(13)22/h2-3,6,9,13H,4-5,7-8H2,1H3,(H,17,21,22). The van der Waals surface area contributed by atoms with Gasteiger partial charge in [-0.05, 0) is 23.6 Å². The molecular formula is C16H17N3O4. The Labute approximate surface area is 133 Å². The number of imide groups is 1. The van der Waals surface area contributed by atoms with E-state index in [1.807, 2.05) is 12.1 Å². The number of carbonyl (C=O) groups excluding carboxylic acids is 4. The number of rotatable bonds is 4. The van der Waals surface area contributed by atoms with Crippen molar-refractivity contribution in [2.75, 3.05) is 7.05 Å². The molecule has 0 aliphatic carbocycles. The summed E-state index contributed by atoms with van der Waals surface area (Å²) in [6.45, 7) is 0.808. The number of benzene rings is 1. The van der Waals surface area contributed by atoms with E-state index in [0.29, 0.717) is 25.1 Å². The Kier molecular flexibility index (Phi) is 3.85. The van der Waals surface area contributed by atoms with Gasteiger partial charge in [-0.1, -0.05) is 12.1 Å². The SMILES string of the molecule is CN(C=O)Cc1ccc2c(c1)CN(C1CCC(=O)NC1=O)C2=O. The van der Waals surface area contributed by atoms with Crippen molar-refractivity contribution >= 4 is 24.1 Å². The minimum Gasteiger partial charge on any atom is -0.344 e. The maximum Gasteiger partial charge on any atom is 0.255 e. The third-order valence-corrected chi connectivity index (χ3v) is 4.20. The van der Waals surface area contributed by atoms with Gasteiger partial charge in [-0.25, -0.2) is 0 Å². The molecule has 2 aliphatic heterocycles. The zero-order valence-electron chi connectivity index (χ0n) is 12.7. The first kappa shape index (κ1) is 15.2. The highest BCUT2D eigenvalue weighted by molar-refractivity contribution is 6.05. The molecular weight excluding hydrogens is 298 g/mol. The van der Waals surface area contributed by atoms with Crippen molar-refractivity contribution in [2.24, 2.45) is 0 Å². The monoisotopic (exact) mass is 315 g/mol. The summed E-state index contributed by atoms with van der Waals surface area (Å²) in [4.78, 5) is 49.4. The van der Waals surface area contributed by atoms with Crippen LogP contribution < -0.4 is 5.32 Å². The molecule has 1 N–H and O–H groups in total. The maximum atomic E-state index is 12.5.